The van der Waals surface area contributed by atoms with E-state index >= 15 is 0 Å². The van der Waals surface area contributed by atoms with Gasteiger partial charge in [0.15, 0.2) is 0 Å². The molecule has 8 nitrogen and oxygen atoms in total. The summed E-state index contributed by atoms with van der Waals surface area (Å²) in [6.07, 6.45) is 0.0138. The predicted octanol–water partition coefficient (Wildman–Crippen LogP) is 0.356. The van der Waals surface area contributed by atoms with Crippen LogP contribution in [0.1, 0.15) is 27.7 Å². The molecule has 0 rings (SSSR count). The number of hydrogen-bond acceptors (Lipinski definition) is 6. The van der Waals surface area contributed by atoms with Gasteiger partial charge in [0, 0.05) is 0 Å². The second kappa shape index (κ2) is 8.46. The molecule has 0 aliphatic carbocycles. The first-order valence-electron chi connectivity index (χ1n) is 5.35. The number of ether oxygens (including phenoxy) is 1. The molecule has 0 aromatic heterocycles. The maximum absolute atomic E-state index is 10.7. The number of carbonyl (C=O) groups excluding carboxylic acids is 1. The molecule has 0 saturated carbocycles. The highest BCUT2D eigenvalue weighted by Gasteiger charge is 2.11. The van der Waals surface area contributed by atoms with E-state index in [-0.39, 0.29) is 18.0 Å². The van der Waals surface area contributed by atoms with Crippen LogP contribution in [0.25, 0.3) is 0 Å². The van der Waals surface area contributed by atoms with Crippen LogP contribution in [-0.4, -0.2) is 49.5 Å². The van der Waals surface area contributed by atoms with Crippen LogP contribution in [0, 0.1) is 5.92 Å². The van der Waals surface area contributed by atoms with Crippen LogP contribution >= 0.6 is 0 Å². The van der Waals surface area contributed by atoms with E-state index in [1.165, 1.54) is 0 Å². The third-order valence-electron chi connectivity index (χ3n) is 1.42. The van der Waals surface area contributed by atoms with Gasteiger partial charge in [-0.05, 0) is 13.8 Å². The average molecular weight is 320 g/mol. The minimum atomic E-state index is -4.30. The van der Waals surface area contributed by atoms with Gasteiger partial charge in [-0.25, -0.2) is 0 Å². The minimum absolute atomic E-state index is 0.00704. The minimum Gasteiger partial charge on any atom is -0.463 e. The Balaban J connectivity index is 0. The second-order valence-corrected chi connectivity index (χ2v) is 7.36. The van der Waals surface area contributed by atoms with Gasteiger partial charge in [-0.1, -0.05) is 13.8 Å². The third kappa shape index (κ3) is 19.8. The summed E-state index contributed by atoms with van der Waals surface area (Å²) in [6, 6.07) is 0. The van der Waals surface area contributed by atoms with Crippen LogP contribution in [-0.2, 0) is 29.8 Å². The SMILES string of the molecule is CC(C)OC(=O)C(C)C.O=S(=O)(O)CCS(=O)(=O)O. The van der Waals surface area contributed by atoms with Crippen molar-refractivity contribution in [1.82, 2.24) is 0 Å². The second-order valence-electron chi connectivity index (χ2n) is 4.21. The molecular formula is C9H20O8S2. The molecule has 116 valence electrons. The van der Waals surface area contributed by atoms with Crippen LogP contribution in [0.2, 0.25) is 0 Å². The Hall–Kier alpha value is -0.710. The summed E-state index contributed by atoms with van der Waals surface area (Å²) in [4.78, 5) is 10.7. The van der Waals surface area contributed by atoms with Crippen molar-refractivity contribution in [1.29, 1.82) is 0 Å². The summed E-state index contributed by atoms with van der Waals surface area (Å²) in [5.74, 6) is -2.09. The molecule has 0 aromatic carbocycles. The van der Waals surface area contributed by atoms with Crippen molar-refractivity contribution in [3.63, 3.8) is 0 Å². The van der Waals surface area contributed by atoms with Crippen molar-refractivity contribution in [2.24, 2.45) is 5.92 Å². The van der Waals surface area contributed by atoms with Crippen LogP contribution in [0.5, 0.6) is 0 Å². The fraction of sp³-hybridized carbons (Fsp3) is 0.889. The Bertz CT molecular complexity index is 428. The lowest BCUT2D eigenvalue weighted by atomic mass is 10.2. The van der Waals surface area contributed by atoms with Gasteiger partial charge >= 0.3 is 5.97 Å². The van der Waals surface area contributed by atoms with Crippen molar-refractivity contribution in [3.8, 4) is 0 Å². The molecule has 0 bridgehead atoms. The first kappa shape index (κ1) is 20.6. The van der Waals surface area contributed by atoms with Crippen molar-refractivity contribution in [2.45, 2.75) is 33.8 Å². The highest BCUT2D eigenvalue weighted by Crippen LogP contribution is 1.98. The standard InChI is InChI=1S/C7H14O2.C2H6O6S2/c1-5(2)7(8)9-6(3)4;3-9(4,5)1-2-10(6,7)8/h5-6H,1-4H3;1-2H2,(H,3,4,5)(H,6,7,8). The van der Waals surface area contributed by atoms with E-state index in [0.717, 1.165) is 0 Å². The summed E-state index contributed by atoms with van der Waals surface area (Å²) >= 11 is 0. The maximum Gasteiger partial charge on any atom is 0.308 e. The molecule has 0 heterocycles. The fourth-order valence-electron chi connectivity index (χ4n) is 0.579. The van der Waals surface area contributed by atoms with E-state index in [0.29, 0.717) is 0 Å². The quantitative estimate of drug-likeness (QED) is 0.547. The van der Waals surface area contributed by atoms with Crippen molar-refractivity contribution >= 4 is 26.2 Å². The number of esters is 1. The summed E-state index contributed by atoms with van der Waals surface area (Å²) in [6.45, 7) is 7.34. The van der Waals surface area contributed by atoms with Gasteiger partial charge in [0.05, 0.1) is 23.5 Å². The Morgan fingerprint density at radius 3 is 1.37 bits per heavy atom. The van der Waals surface area contributed by atoms with Gasteiger partial charge in [-0.2, -0.15) is 16.8 Å². The number of hydrogen-bond donors (Lipinski definition) is 2. The predicted molar refractivity (Wildman–Crippen MR) is 68.9 cm³/mol. The monoisotopic (exact) mass is 320 g/mol. The van der Waals surface area contributed by atoms with Crippen LogP contribution in [0.3, 0.4) is 0 Å². The summed E-state index contributed by atoms with van der Waals surface area (Å²) in [5, 5.41) is 0. The lowest BCUT2D eigenvalue weighted by molar-refractivity contribution is -0.151. The molecule has 0 saturated heterocycles. The zero-order valence-corrected chi connectivity index (χ0v) is 12.9. The largest absolute Gasteiger partial charge is 0.463 e. The van der Waals surface area contributed by atoms with Crippen LogP contribution < -0.4 is 0 Å². The first-order valence-corrected chi connectivity index (χ1v) is 8.57. The van der Waals surface area contributed by atoms with Crippen molar-refractivity contribution in [3.05, 3.63) is 0 Å². The molecule has 0 spiro atoms. The molecule has 0 atom stereocenters. The zero-order chi connectivity index (χ0) is 15.9. The molecule has 19 heavy (non-hydrogen) atoms. The van der Waals surface area contributed by atoms with Crippen LogP contribution in [0.15, 0.2) is 0 Å². The molecule has 0 aromatic rings. The van der Waals surface area contributed by atoms with E-state index in [4.69, 9.17) is 13.8 Å². The Morgan fingerprint density at radius 2 is 1.26 bits per heavy atom. The topological polar surface area (TPSA) is 135 Å². The molecule has 2 N–H and O–H groups in total. The number of rotatable bonds is 5. The Morgan fingerprint density at radius 1 is 0.947 bits per heavy atom. The normalized spacial score (nSPS) is 12.0. The van der Waals surface area contributed by atoms with Gasteiger partial charge in [-0.3, -0.25) is 13.9 Å². The highest BCUT2D eigenvalue weighted by atomic mass is 32.2. The third-order valence-corrected chi connectivity index (χ3v) is 3.12. The molecule has 10 heteroatoms. The van der Waals surface area contributed by atoms with Gasteiger partial charge in [-0.15, -0.1) is 0 Å². The molecule has 0 fully saturated rings. The Kier molecular flexibility index (Phi) is 9.17. The van der Waals surface area contributed by atoms with Gasteiger partial charge in [0.2, 0.25) is 0 Å². The van der Waals surface area contributed by atoms with Crippen LogP contribution in [0.4, 0.5) is 0 Å². The van der Waals surface area contributed by atoms with Crippen molar-refractivity contribution in [2.75, 3.05) is 11.5 Å². The van der Waals surface area contributed by atoms with E-state index in [9.17, 15) is 21.6 Å². The molecule has 0 unspecified atom stereocenters. The smallest absolute Gasteiger partial charge is 0.308 e. The first-order chi connectivity index (χ1) is 8.24. The van der Waals surface area contributed by atoms with E-state index in [1.807, 2.05) is 27.7 Å². The fourth-order valence-corrected chi connectivity index (χ4v) is 2.26. The molecule has 0 radical (unpaired) electrons. The molecule has 0 amide bonds. The summed E-state index contributed by atoms with van der Waals surface area (Å²) < 4.78 is 60.3. The van der Waals surface area contributed by atoms with Crippen molar-refractivity contribution < 1.29 is 35.5 Å². The van der Waals surface area contributed by atoms with Gasteiger partial charge in [0.1, 0.15) is 0 Å². The van der Waals surface area contributed by atoms with E-state index in [2.05, 4.69) is 0 Å². The molecular weight excluding hydrogens is 300 g/mol. The van der Waals surface area contributed by atoms with E-state index < -0.39 is 31.7 Å². The summed E-state index contributed by atoms with van der Waals surface area (Å²) in [5.41, 5.74) is 0. The lowest BCUT2D eigenvalue weighted by Crippen LogP contribution is -2.16. The summed E-state index contributed by atoms with van der Waals surface area (Å²) in [7, 11) is -8.59. The van der Waals surface area contributed by atoms with Gasteiger partial charge in [0.25, 0.3) is 20.2 Å². The molecule has 0 aliphatic rings. The maximum atomic E-state index is 10.7. The zero-order valence-electron chi connectivity index (χ0n) is 11.2. The lowest BCUT2D eigenvalue weighted by Gasteiger charge is -2.08. The Labute approximate surface area is 113 Å². The number of carbonyl (C=O) groups is 1. The average Bonchev–Trinajstić information content (AvgIpc) is 2.12. The molecule has 0 aliphatic heterocycles. The highest BCUT2D eigenvalue weighted by molar-refractivity contribution is 7.89. The van der Waals surface area contributed by atoms with E-state index in [1.54, 1.807) is 0 Å². The van der Waals surface area contributed by atoms with Gasteiger partial charge < -0.3 is 4.74 Å².